The molecule has 3 aromatic rings. The molecule has 13 heteroatoms. The number of aromatic nitrogens is 1. The number of anilines is 2. The Morgan fingerprint density at radius 1 is 1.13 bits per heavy atom. The molecule has 1 aliphatic heterocycles. The summed E-state index contributed by atoms with van der Waals surface area (Å²) in [6.07, 6.45) is 3.30. The molecule has 3 amide bonds. The molecule has 2 aromatic carbocycles. The summed E-state index contributed by atoms with van der Waals surface area (Å²) in [4.78, 5) is 38.8. The number of hydrogen-bond acceptors (Lipinski definition) is 9. The average molecular weight is 557 g/mol. The first-order chi connectivity index (χ1) is 18.2. The van der Waals surface area contributed by atoms with Crippen molar-refractivity contribution in [1.82, 2.24) is 10.1 Å². The van der Waals surface area contributed by atoms with Crippen LogP contribution in [0.1, 0.15) is 24.0 Å². The van der Waals surface area contributed by atoms with Crippen LogP contribution >= 0.6 is 11.8 Å². The van der Waals surface area contributed by atoms with E-state index in [1.807, 2.05) is 0 Å². The first-order valence-electron chi connectivity index (χ1n) is 11.4. The Labute approximate surface area is 223 Å². The topological polar surface area (TPSA) is 148 Å². The molecular formula is C25H24N4O7S2. The van der Waals surface area contributed by atoms with Gasteiger partial charge in [0.05, 0.1) is 16.9 Å². The molecule has 2 heterocycles. The zero-order valence-corrected chi connectivity index (χ0v) is 22.1. The van der Waals surface area contributed by atoms with Crippen LogP contribution < -0.4 is 14.8 Å². The predicted molar refractivity (Wildman–Crippen MR) is 142 cm³/mol. The Morgan fingerprint density at radius 2 is 1.84 bits per heavy atom. The number of carbonyl (C=O) groups is 3. The third kappa shape index (κ3) is 6.42. The zero-order valence-electron chi connectivity index (χ0n) is 20.5. The maximum absolute atomic E-state index is 12.7. The molecule has 11 nitrogen and oxygen atoms in total. The summed E-state index contributed by atoms with van der Waals surface area (Å²) in [5, 5.41) is 5.89. The van der Waals surface area contributed by atoms with E-state index in [1.165, 1.54) is 30.5 Å². The van der Waals surface area contributed by atoms with Gasteiger partial charge in [0, 0.05) is 24.2 Å². The zero-order chi connectivity index (χ0) is 27.3. The third-order valence-electron chi connectivity index (χ3n) is 5.50. The number of amides is 3. The van der Waals surface area contributed by atoms with E-state index < -0.39 is 15.9 Å². The minimum absolute atomic E-state index is 0.0139. The summed E-state index contributed by atoms with van der Waals surface area (Å²) in [5.41, 5.74) is 1.71. The normalized spacial score (nSPS) is 14.7. The van der Waals surface area contributed by atoms with Crippen LogP contribution in [0.4, 0.5) is 16.3 Å². The van der Waals surface area contributed by atoms with E-state index in [4.69, 9.17) is 9.26 Å². The molecule has 1 fully saturated rings. The van der Waals surface area contributed by atoms with Gasteiger partial charge in [-0.05, 0) is 73.1 Å². The van der Waals surface area contributed by atoms with Gasteiger partial charge in [-0.2, -0.15) is 0 Å². The van der Waals surface area contributed by atoms with Gasteiger partial charge in [0.2, 0.25) is 5.91 Å². The fourth-order valence-corrected chi connectivity index (χ4v) is 5.38. The Hall–Kier alpha value is -4.10. The molecule has 1 saturated heterocycles. The number of sulfonamides is 1. The number of aryl methyl sites for hydroxylation is 1. The number of ether oxygens (including phenoxy) is 1. The van der Waals surface area contributed by atoms with Crippen molar-refractivity contribution < 1.29 is 32.1 Å². The maximum atomic E-state index is 12.7. The first-order valence-corrected chi connectivity index (χ1v) is 13.7. The number of hydrogen-bond donors (Lipinski definition) is 2. The van der Waals surface area contributed by atoms with Crippen molar-refractivity contribution in [3.05, 3.63) is 70.8 Å². The monoisotopic (exact) mass is 556 g/mol. The van der Waals surface area contributed by atoms with Crippen molar-refractivity contribution in [1.29, 1.82) is 0 Å². The van der Waals surface area contributed by atoms with Gasteiger partial charge >= 0.3 is 0 Å². The van der Waals surface area contributed by atoms with Gasteiger partial charge < -0.3 is 14.6 Å². The van der Waals surface area contributed by atoms with Crippen LogP contribution in [-0.2, 0) is 19.6 Å². The van der Waals surface area contributed by atoms with Gasteiger partial charge in [0.25, 0.3) is 21.2 Å². The molecule has 0 unspecified atom stereocenters. The Balaban J connectivity index is 1.27. The summed E-state index contributed by atoms with van der Waals surface area (Å²) in [5.74, 6) is 0.0452. The highest BCUT2D eigenvalue weighted by Crippen LogP contribution is 2.32. The fraction of sp³-hybridized carbons (Fsp3) is 0.200. The highest BCUT2D eigenvalue weighted by atomic mass is 32.2. The van der Waals surface area contributed by atoms with Gasteiger partial charge in [-0.1, -0.05) is 17.3 Å². The van der Waals surface area contributed by atoms with E-state index >= 15 is 0 Å². The van der Waals surface area contributed by atoms with E-state index in [0.717, 1.165) is 22.2 Å². The minimum atomic E-state index is -3.88. The number of thioether (sulfide) groups is 1. The first kappa shape index (κ1) is 26.9. The lowest BCUT2D eigenvalue weighted by molar-refractivity contribution is -0.123. The van der Waals surface area contributed by atoms with Gasteiger partial charge in [-0.15, -0.1) is 0 Å². The SMILES string of the molecule is COc1ccc(C=C2SC(=O)N(CCCC(=O)Nc3ccc(S(=O)(=O)Nc4nocc4C)cc3)C2=O)cc1. The second kappa shape index (κ2) is 11.5. The van der Waals surface area contributed by atoms with Crippen LogP contribution in [0.5, 0.6) is 5.75 Å². The van der Waals surface area contributed by atoms with E-state index in [1.54, 1.807) is 44.4 Å². The minimum Gasteiger partial charge on any atom is -0.497 e. The van der Waals surface area contributed by atoms with Crippen LogP contribution in [0.25, 0.3) is 6.08 Å². The molecule has 2 N–H and O–H groups in total. The molecule has 1 aromatic heterocycles. The van der Waals surface area contributed by atoms with Crippen LogP contribution in [0.15, 0.2) is 69.1 Å². The third-order valence-corrected chi connectivity index (χ3v) is 7.76. The predicted octanol–water partition coefficient (Wildman–Crippen LogP) is 4.25. The van der Waals surface area contributed by atoms with Crippen LogP contribution in [0.3, 0.4) is 0 Å². The number of rotatable bonds is 10. The summed E-state index contributed by atoms with van der Waals surface area (Å²) in [7, 11) is -2.32. The lowest BCUT2D eigenvalue weighted by atomic mass is 10.2. The molecule has 4 rings (SSSR count). The van der Waals surface area contributed by atoms with Crippen molar-refractivity contribution in [2.45, 2.75) is 24.7 Å². The second-order valence-electron chi connectivity index (χ2n) is 8.23. The maximum Gasteiger partial charge on any atom is 0.293 e. The molecule has 38 heavy (non-hydrogen) atoms. The number of carbonyl (C=O) groups excluding carboxylic acids is 3. The summed E-state index contributed by atoms with van der Waals surface area (Å²) in [6, 6.07) is 12.7. The summed E-state index contributed by atoms with van der Waals surface area (Å²) in [6.45, 7) is 1.75. The summed E-state index contributed by atoms with van der Waals surface area (Å²) >= 11 is 0.856. The fourth-order valence-electron chi connectivity index (χ4n) is 3.45. The Kier molecular flexibility index (Phi) is 8.17. The molecule has 0 atom stereocenters. The number of nitrogens with zero attached hydrogens (tertiary/aromatic N) is 2. The second-order valence-corrected chi connectivity index (χ2v) is 10.9. The van der Waals surface area contributed by atoms with E-state index in [9.17, 15) is 22.8 Å². The van der Waals surface area contributed by atoms with Gasteiger partial charge in [-0.25, -0.2) is 8.42 Å². The molecule has 0 spiro atoms. The number of imide groups is 1. The molecule has 0 radical (unpaired) electrons. The van der Waals surface area contributed by atoms with Crippen molar-refractivity contribution in [2.24, 2.45) is 0 Å². The average Bonchev–Trinajstić information content (AvgIpc) is 3.41. The van der Waals surface area contributed by atoms with Gasteiger partial charge in [0.1, 0.15) is 12.0 Å². The van der Waals surface area contributed by atoms with E-state index in [0.29, 0.717) is 21.9 Å². The molecule has 198 valence electrons. The van der Waals surface area contributed by atoms with Crippen LogP contribution in [0, 0.1) is 6.92 Å². The molecule has 1 aliphatic rings. The summed E-state index contributed by atoms with van der Waals surface area (Å²) < 4.78 is 37.2. The number of methoxy groups -OCH3 is 1. The molecule has 0 bridgehead atoms. The Morgan fingerprint density at radius 3 is 2.47 bits per heavy atom. The lowest BCUT2D eigenvalue weighted by Crippen LogP contribution is -2.29. The van der Waals surface area contributed by atoms with Crippen molar-refractivity contribution in [3.63, 3.8) is 0 Å². The van der Waals surface area contributed by atoms with E-state index in [-0.39, 0.29) is 41.2 Å². The van der Waals surface area contributed by atoms with Gasteiger partial charge in [-0.3, -0.25) is 24.0 Å². The smallest absolute Gasteiger partial charge is 0.293 e. The number of nitrogens with one attached hydrogen (secondary N) is 2. The molecular weight excluding hydrogens is 532 g/mol. The highest BCUT2D eigenvalue weighted by molar-refractivity contribution is 8.18. The van der Waals surface area contributed by atoms with Crippen LogP contribution in [-0.4, -0.2) is 49.2 Å². The van der Waals surface area contributed by atoms with Crippen molar-refractivity contribution in [3.8, 4) is 5.75 Å². The molecule has 0 saturated carbocycles. The van der Waals surface area contributed by atoms with Crippen molar-refractivity contribution >= 4 is 56.4 Å². The Bertz CT molecular complexity index is 1480. The van der Waals surface area contributed by atoms with Crippen LogP contribution in [0.2, 0.25) is 0 Å². The molecule has 0 aliphatic carbocycles. The highest BCUT2D eigenvalue weighted by Gasteiger charge is 2.34. The van der Waals surface area contributed by atoms with Crippen molar-refractivity contribution in [2.75, 3.05) is 23.7 Å². The standard InChI is InChI=1S/C25H24N4O7S2/c1-16-15-36-27-23(16)28-38(33,34)20-11-7-18(8-12-20)26-22(30)4-3-13-29-24(31)21(37-25(29)32)14-17-5-9-19(35-2)10-6-17/h5-12,14-15H,3-4,13H2,1-2H3,(H,26,30)(H,27,28). The quantitative estimate of drug-likeness (QED) is 0.350. The largest absolute Gasteiger partial charge is 0.497 e. The van der Waals surface area contributed by atoms with E-state index in [2.05, 4.69) is 15.2 Å². The number of benzene rings is 2. The van der Waals surface area contributed by atoms with Gasteiger partial charge in [0.15, 0.2) is 5.82 Å². The lowest BCUT2D eigenvalue weighted by Gasteiger charge is -2.12.